The number of thioether (sulfide) groups is 1. The minimum absolute atomic E-state index is 0.0123. The van der Waals surface area contributed by atoms with Gasteiger partial charge in [0.15, 0.2) is 0 Å². The Bertz CT molecular complexity index is 2910. The molecule has 0 radical (unpaired) electrons. The molecule has 0 spiro atoms. The number of carboxylic acids is 2. The van der Waals surface area contributed by atoms with Gasteiger partial charge in [-0.1, -0.05) is 27.7 Å². The number of aliphatic carboxylic acids is 2. The van der Waals surface area contributed by atoms with Gasteiger partial charge >= 0.3 is 11.9 Å². The van der Waals surface area contributed by atoms with E-state index < -0.39 is 236 Å². The van der Waals surface area contributed by atoms with Crippen LogP contribution in [0.4, 0.5) is 0 Å². The molecule has 0 aromatic heterocycles. The van der Waals surface area contributed by atoms with Crippen LogP contribution in [-0.2, 0) is 86.3 Å². The first kappa shape index (κ1) is 89.1. The molecule has 40 heteroatoms. The molecule has 1 aliphatic heterocycles. The Morgan fingerprint density at radius 1 is 0.510 bits per heavy atom. The summed E-state index contributed by atoms with van der Waals surface area (Å²) in [4.78, 5) is 234. The number of nitrogens with zero attached hydrogens (tertiary/aromatic N) is 1. The third-order valence-electron chi connectivity index (χ3n) is 15.3. The van der Waals surface area contributed by atoms with Crippen molar-refractivity contribution in [3.63, 3.8) is 0 Å². The topological polar surface area (TPSA) is 611 Å². The van der Waals surface area contributed by atoms with Crippen molar-refractivity contribution in [1.82, 2.24) is 74.0 Å². The summed E-state index contributed by atoms with van der Waals surface area (Å²) in [6, 6.07) is -17.5. The van der Waals surface area contributed by atoms with Crippen LogP contribution in [0, 0.1) is 11.8 Å². The summed E-state index contributed by atoms with van der Waals surface area (Å²) >= 11 is 5.69. The number of thiol groups is 1. The van der Waals surface area contributed by atoms with Gasteiger partial charge in [-0.3, -0.25) is 81.5 Å². The normalized spacial score (nSPS) is 16.2. The predicted octanol–water partition coefficient (Wildman–Crippen LogP) is -7.45. The fourth-order valence-corrected chi connectivity index (χ4v) is 10.4. The van der Waals surface area contributed by atoms with Crippen molar-refractivity contribution in [3.8, 4) is 0 Å². The van der Waals surface area contributed by atoms with Crippen LogP contribution in [0.1, 0.15) is 132 Å². The molecule has 0 aromatic rings. The number of nitrogens with one attached hydrogen (secondary N) is 13. The number of unbranched alkanes of at least 4 members (excludes halogenated alkanes) is 1. The number of hydrogen-bond donors (Lipinski definition) is 20. The first-order valence-corrected chi connectivity index (χ1v) is 34.6. The quantitative estimate of drug-likeness (QED) is 0.0199. The van der Waals surface area contributed by atoms with E-state index in [4.69, 9.17) is 28.0 Å². The van der Waals surface area contributed by atoms with Gasteiger partial charge in [-0.15, -0.1) is 0 Å². The lowest BCUT2D eigenvalue weighted by Crippen LogP contribution is -2.60. The Balaban J connectivity index is 2.95. The van der Waals surface area contributed by atoms with Gasteiger partial charge in [0.25, 0.3) is 0 Å². The number of hydrogen-bond acceptors (Lipinski definition) is 22. The third kappa shape index (κ3) is 33.3. The van der Waals surface area contributed by atoms with Crippen LogP contribution in [0.5, 0.6) is 0 Å². The average Bonchev–Trinajstić information content (AvgIpc) is 1.60. The van der Waals surface area contributed by atoms with E-state index in [0.29, 0.717) is 38.0 Å². The first-order valence-electron chi connectivity index (χ1n) is 32.5. The molecule has 0 aliphatic carbocycles. The number of rotatable bonds is 47. The van der Waals surface area contributed by atoms with Gasteiger partial charge in [0.1, 0.15) is 72.5 Å². The maximum Gasteiger partial charge on any atom is 0.326 e. The van der Waals surface area contributed by atoms with E-state index in [1.165, 1.54) is 44.4 Å². The monoisotopic (exact) mass is 1460 g/mol. The molecule has 16 amide bonds. The van der Waals surface area contributed by atoms with Crippen LogP contribution in [0.25, 0.3) is 0 Å². The summed E-state index contributed by atoms with van der Waals surface area (Å²) in [6.45, 7) is 10.6. The molecule has 0 unspecified atom stereocenters. The summed E-state index contributed by atoms with van der Waals surface area (Å²) in [5.74, 6) is -17.6. The van der Waals surface area contributed by atoms with Gasteiger partial charge in [-0.2, -0.15) is 24.4 Å². The lowest BCUT2D eigenvalue weighted by atomic mass is 10.0. The van der Waals surface area contributed by atoms with Crippen molar-refractivity contribution in [2.75, 3.05) is 43.9 Å². The zero-order valence-corrected chi connectivity index (χ0v) is 59.5. The number of carboxylic acid groups (broad SMARTS) is 2. The standard InChI is InChI=1S/C60H102N18O20S2/c1-28(2)23-38(55(92)74-36(15-17-42(63)79)53(90)75-37(60(97)98)16-18-46(83)84)71-45(82)26-66-57(94)41-14-12-21-78(41)59(96)33(8)70-56(93)40(27-99)76-58(95)47(29(3)4)77-50(87)32(7)68-48(85)30(5)67-49(86)31(6)69-54(91)39(24-43(64)80)72-44(81)25-65-52(89)35(13-10-11-20-61)73-51(88)34(62)19-22-100-9/h28-41,47,99H,10-27,61-62H2,1-9H3,(H2,63,79)(H2,64,80)(H,65,89)(H,66,94)(H,67,86)(H,68,85)(H,69,91)(H,70,93)(H,71,82)(H,72,81)(H,73,88)(H,74,92)(H,75,90)(H,76,95)(H,77,87)(H,83,84)(H,97,98)/t30-,31-,32-,33-,34-,35-,36-,37-,38-,39-,40-,41-,47-/m0/s1. The molecule has 13 atom stereocenters. The lowest BCUT2D eigenvalue weighted by Gasteiger charge is -2.29. The molecule has 23 N–H and O–H groups in total. The number of carbonyl (C=O) groups excluding carboxylic acids is 16. The molecule has 0 aromatic carbocycles. The zero-order valence-electron chi connectivity index (χ0n) is 57.7. The molecule has 38 nitrogen and oxygen atoms in total. The fourth-order valence-electron chi connectivity index (χ4n) is 9.61. The smallest absolute Gasteiger partial charge is 0.326 e. The predicted molar refractivity (Wildman–Crippen MR) is 363 cm³/mol. The molecule has 0 bridgehead atoms. The van der Waals surface area contributed by atoms with Gasteiger partial charge in [0.2, 0.25) is 94.5 Å². The Labute approximate surface area is 588 Å². The van der Waals surface area contributed by atoms with Crippen molar-refractivity contribution < 1.29 is 96.5 Å². The second-order valence-corrected chi connectivity index (χ2v) is 26.0. The van der Waals surface area contributed by atoms with Crippen LogP contribution in [-0.4, -0.2) is 244 Å². The highest BCUT2D eigenvalue weighted by Crippen LogP contribution is 2.19. The van der Waals surface area contributed by atoms with Crippen LogP contribution in [0.3, 0.4) is 0 Å². The van der Waals surface area contributed by atoms with E-state index in [2.05, 4.69) is 81.7 Å². The second kappa shape index (κ2) is 45.7. The Morgan fingerprint density at radius 2 is 0.990 bits per heavy atom. The molecular weight excluding hydrogens is 1360 g/mol. The van der Waals surface area contributed by atoms with Gasteiger partial charge in [-0.05, 0) is 116 Å². The summed E-state index contributed by atoms with van der Waals surface area (Å²) < 4.78 is 0. The van der Waals surface area contributed by atoms with Crippen molar-refractivity contribution in [1.29, 1.82) is 0 Å². The summed E-state index contributed by atoms with van der Waals surface area (Å²) in [5.41, 5.74) is 22.1. The highest BCUT2D eigenvalue weighted by Gasteiger charge is 2.39. The average molecular weight is 1460 g/mol. The van der Waals surface area contributed by atoms with Crippen LogP contribution in [0.2, 0.25) is 0 Å². The highest BCUT2D eigenvalue weighted by molar-refractivity contribution is 7.98. The van der Waals surface area contributed by atoms with Gasteiger partial charge < -0.3 is 107 Å². The highest BCUT2D eigenvalue weighted by atomic mass is 32.2. The summed E-state index contributed by atoms with van der Waals surface area (Å²) in [5, 5.41) is 49.8. The lowest BCUT2D eigenvalue weighted by molar-refractivity contribution is -0.143. The SMILES string of the molecule is CSCC[C@H](N)C(=O)N[C@@H](CCCCN)C(=O)NCC(=O)N[C@@H](CC(N)=O)C(=O)N[C@@H](C)C(=O)N[C@@H](C)C(=O)N[C@@H](C)C(=O)N[C@H](C(=O)N[C@@H](CS)C(=O)N[C@@H](C)C(=O)N1CCC[C@H]1C(=O)NCC(=O)N[C@@H](CC(C)C)C(=O)N[C@@H](CCC(N)=O)C(=O)N[C@@H](CCC(=O)O)C(=O)O)C(C)C. The molecular formula is C60H102N18O20S2. The molecule has 0 saturated carbocycles. The minimum Gasteiger partial charge on any atom is -0.481 e. The third-order valence-corrected chi connectivity index (χ3v) is 16.3. The molecule has 100 heavy (non-hydrogen) atoms. The van der Waals surface area contributed by atoms with E-state index in [0.717, 1.165) is 0 Å². The fraction of sp³-hybridized carbons (Fsp3) is 0.700. The van der Waals surface area contributed by atoms with E-state index >= 15 is 0 Å². The maximum atomic E-state index is 13.8. The molecule has 1 saturated heterocycles. The first-order chi connectivity index (χ1) is 46.8. The van der Waals surface area contributed by atoms with E-state index in [-0.39, 0.29) is 37.5 Å². The Hall–Kier alpha value is -8.92. The number of primary amides is 2. The summed E-state index contributed by atoms with van der Waals surface area (Å²) in [6.07, 6.45) is 1.11. The van der Waals surface area contributed by atoms with Crippen LogP contribution >= 0.6 is 24.4 Å². The van der Waals surface area contributed by atoms with E-state index in [1.807, 2.05) is 6.26 Å². The van der Waals surface area contributed by atoms with Crippen LogP contribution < -0.4 is 92.1 Å². The second-order valence-electron chi connectivity index (χ2n) is 24.7. The van der Waals surface area contributed by atoms with Crippen molar-refractivity contribution in [2.45, 2.75) is 211 Å². The van der Waals surface area contributed by atoms with Gasteiger partial charge in [-0.25, -0.2) is 4.79 Å². The van der Waals surface area contributed by atoms with Crippen molar-refractivity contribution in [3.05, 3.63) is 0 Å². The number of carbonyl (C=O) groups is 18. The molecule has 1 rings (SSSR count). The largest absolute Gasteiger partial charge is 0.481 e. The summed E-state index contributed by atoms with van der Waals surface area (Å²) in [7, 11) is 0. The molecule has 1 aliphatic rings. The maximum absolute atomic E-state index is 13.8. The van der Waals surface area contributed by atoms with Crippen molar-refractivity contribution >= 4 is 131 Å². The molecule has 1 heterocycles. The zero-order chi connectivity index (χ0) is 76.3. The van der Waals surface area contributed by atoms with E-state index in [1.54, 1.807) is 27.7 Å². The molecule has 564 valence electrons. The minimum atomic E-state index is -1.67. The number of amides is 16. The van der Waals surface area contributed by atoms with Gasteiger partial charge in [0, 0.05) is 25.1 Å². The van der Waals surface area contributed by atoms with Gasteiger partial charge in [0.05, 0.1) is 25.6 Å². The number of likely N-dealkylation sites (tertiary alicyclic amines) is 1. The molecule has 1 fully saturated rings. The Morgan fingerprint density at radius 3 is 1.51 bits per heavy atom. The Kier molecular flexibility index (Phi) is 40.7. The van der Waals surface area contributed by atoms with Crippen molar-refractivity contribution in [2.24, 2.45) is 34.8 Å². The van der Waals surface area contributed by atoms with Crippen LogP contribution in [0.15, 0.2) is 0 Å². The van der Waals surface area contributed by atoms with E-state index in [9.17, 15) is 91.4 Å². The number of nitrogens with two attached hydrogens (primary N) is 4.